The van der Waals surface area contributed by atoms with Crippen molar-refractivity contribution in [1.29, 1.82) is 0 Å². The summed E-state index contributed by atoms with van der Waals surface area (Å²) in [7, 11) is 0. The van der Waals surface area contributed by atoms with Gasteiger partial charge in [-0.1, -0.05) is 6.08 Å². The van der Waals surface area contributed by atoms with Crippen LogP contribution in [-0.2, 0) is 14.3 Å². The van der Waals surface area contributed by atoms with Crippen LogP contribution in [0.4, 0.5) is 0 Å². The topological polar surface area (TPSA) is 78.7 Å². The molecule has 1 aliphatic carbocycles. The van der Waals surface area contributed by atoms with E-state index < -0.39 is 16.2 Å². The van der Waals surface area contributed by atoms with Gasteiger partial charge in [0.15, 0.2) is 11.5 Å². The number of allylic oxidation sites excluding steroid dienone is 3. The van der Waals surface area contributed by atoms with E-state index >= 15 is 0 Å². The standard InChI is InChI=1S/C8H6ClNO5/c9-8(4-11)2-1-5-6(3-8)15-7(14-5)10(12)13/h1-2,4,7H,3H2. The second-order valence-electron chi connectivity index (χ2n) is 3.17. The fourth-order valence-electron chi connectivity index (χ4n) is 1.33. The van der Waals surface area contributed by atoms with Crippen LogP contribution in [0.5, 0.6) is 0 Å². The number of carbonyl (C=O) groups excluding carboxylic acids is 1. The van der Waals surface area contributed by atoms with E-state index in [2.05, 4.69) is 0 Å². The summed E-state index contributed by atoms with van der Waals surface area (Å²) in [6.45, 7) is 0. The fourth-order valence-corrected chi connectivity index (χ4v) is 1.51. The molecule has 0 aromatic heterocycles. The average molecular weight is 232 g/mol. The summed E-state index contributed by atoms with van der Waals surface area (Å²) >= 11 is 5.86. The predicted molar refractivity (Wildman–Crippen MR) is 48.4 cm³/mol. The Morgan fingerprint density at radius 2 is 2.40 bits per heavy atom. The fraction of sp³-hybridized carbons (Fsp3) is 0.375. The van der Waals surface area contributed by atoms with Crippen LogP contribution < -0.4 is 0 Å². The highest BCUT2D eigenvalue weighted by atomic mass is 35.5. The molecule has 80 valence electrons. The van der Waals surface area contributed by atoms with Crippen LogP contribution >= 0.6 is 11.6 Å². The van der Waals surface area contributed by atoms with E-state index in [0.717, 1.165) is 0 Å². The maximum Gasteiger partial charge on any atom is 0.517 e. The monoisotopic (exact) mass is 231 g/mol. The van der Waals surface area contributed by atoms with E-state index in [4.69, 9.17) is 21.1 Å². The molecule has 0 amide bonds. The smallest absolute Gasteiger partial charge is 0.398 e. The van der Waals surface area contributed by atoms with Gasteiger partial charge in [0.25, 0.3) is 0 Å². The summed E-state index contributed by atoms with van der Waals surface area (Å²) < 4.78 is 9.75. The minimum atomic E-state index is -1.54. The van der Waals surface area contributed by atoms with Crippen molar-refractivity contribution in [2.45, 2.75) is 17.7 Å². The zero-order chi connectivity index (χ0) is 11.1. The van der Waals surface area contributed by atoms with Crippen molar-refractivity contribution in [3.05, 3.63) is 33.8 Å². The first-order valence-electron chi connectivity index (χ1n) is 4.08. The van der Waals surface area contributed by atoms with Crippen molar-refractivity contribution in [1.82, 2.24) is 0 Å². The summed E-state index contributed by atoms with van der Waals surface area (Å²) in [5, 5.41) is 10.4. The molecule has 0 radical (unpaired) electrons. The van der Waals surface area contributed by atoms with Gasteiger partial charge < -0.3 is 14.3 Å². The highest BCUT2D eigenvalue weighted by molar-refractivity contribution is 6.33. The lowest BCUT2D eigenvalue weighted by Gasteiger charge is -2.18. The van der Waals surface area contributed by atoms with Crippen molar-refractivity contribution < 1.29 is 19.2 Å². The molecule has 0 saturated carbocycles. The average Bonchev–Trinajstić information content (AvgIpc) is 2.60. The third-order valence-corrected chi connectivity index (χ3v) is 2.41. The van der Waals surface area contributed by atoms with E-state index in [1.165, 1.54) is 12.2 Å². The Hall–Kier alpha value is -1.56. The van der Waals surface area contributed by atoms with Crippen molar-refractivity contribution in [3.8, 4) is 0 Å². The zero-order valence-corrected chi connectivity index (χ0v) is 8.14. The quantitative estimate of drug-likeness (QED) is 0.306. The van der Waals surface area contributed by atoms with E-state index in [-0.39, 0.29) is 17.9 Å². The van der Waals surface area contributed by atoms with Crippen molar-refractivity contribution >= 4 is 17.9 Å². The summed E-state index contributed by atoms with van der Waals surface area (Å²) in [6.07, 6.45) is 1.91. The molecule has 0 saturated heterocycles. The molecular formula is C8H6ClNO5. The third-order valence-electron chi connectivity index (χ3n) is 2.06. The van der Waals surface area contributed by atoms with E-state index in [1.807, 2.05) is 0 Å². The molecule has 0 aromatic carbocycles. The van der Waals surface area contributed by atoms with Crippen molar-refractivity contribution in [2.75, 3.05) is 0 Å². The van der Waals surface area contributed by atoms with Gasteiger partial charge in [-0.2, -0.15) is 0 Å². The molecule has 6 nitrogen and oxygen atoms in total. The minimum absolute atomic E-state index is 0.0637. The van der Waals surface area contributed by atoms with Crippen LogP contribution in [-0.4, -0.2) is 22.5 Å². The van der Waals surface area contributed by atoms with Gasteiger partial charge in [0.1, 0.15) is 16.1 Å². The summed E-state index contributed by atoms with van der Waals surface area (Å²) in [4.78, 5) is 19.1. The zero-order valence-electron chi connectivity index (χ0n) is 7.38. The van der Waals surface area contributed by atoms with E-state index in [0.29, 0.717) is 6.29 Å². The number of halogens is 1. The molecule has 2 atom stereocenters. The molecule has 0 N–H and O–H groups in total. The van der Waals surface area contributed by atoms with E-state index in [9.17, 15) is 14.9 Å². The van der Waals surface area contributed by atoms with E-state index in [1.54, 1.807) is 0 Å². The normalized spacial score (nSPS) is 33.0. The number of aldehydes is 1. The molecule has 7 heteroatoms. The Morgan fingerprint density at radius 1 is 1.67 bits per heavy atom. The number of carbonyl (C=O) groups is 1. The summed E-state index contributed by atoms with van der Waals surface area (Å²) in [5.41, 5.74) is 0. The van der Waals surface area contributed by atoms with Gasteiger partial charge in [-0.05, 0) is 6.08 Å². The number of nitro groups is 1. The van der Waals surface area contributed by atoms with Gasteiger partial charge in [0, 0.05) is 6.42 Å². The Balaban J connectivity index is 2.17. The Labute approximate surface area is 89.2 Å². The largest absolute Gasteiger partial charge is 0.517 e. The number of nitrogens with zero attached hydrogens (tertiary/aromatic N) is 1. The number of alkyl halides is 1. The SMILES string of the molecule is O=CC1(Cl)C=CC2=C(C1)OC([N+](=O)[O-])O2. The van der Waals surface area contributed by atoms with Gasteiger partial charge in [-0.15, -0.1) is 11.6 Å². The second kappa shape index (κ2) is 3.23. The summed E-state index contributed by atoms with van der Waals surface area (Å²) in [6, 6.07) is 0. The first kappa shape index (κ1) is 9.97. The van der Waals surface area contributed by atoms with Crippen LogP contribution in [0.3, 0.4) is 0 Å². The number of hydrogen-bond acceptors (Lipinski definition) is 5. The highest BCUT2D eigenvalue weighted by Gasteiger charge is 2.41. The Morgan fingerprint density at radius 3 is 3.00 bits per heavy atom. The van der Waals surface area contributed by atoms with Crippen LogP contribution in [0.25, 0.3) is 0 Å². The molecular weight excluding hydrogens is 226 g/mol. The number of rotatable bonds is 2. The second-order valence-corrected chi connectivity index (χ2v) is 3.87. The first-order valence-corrected chi connectivity index (χ1v) is 4.46. The van der Waals surface area contributed by atoms with Crippen LogP contribution in [0.2, 0.25) is 0 Å². The van der Waals surface area contributed by atoms with Gasteiger partial charge in [-0.25, -0.2) is 0 Å². The molecule has 2 rings (SSSR count). The lowest BCUT2D eigenvalue weighted by molar-refractivity contribution is -0.616. The molecule has 2 aliphatic rings. The maximum atomic E-state index is 10.6. The van der Waals surface area contributed by atoms with Gasteiger partial charge >= 0.3 is 6.41 Å². The molecule has 0 fully saturated rings. The van der Waals surface area contributed by atoms with Crippen LogP contribution in [0.1, 0.15) is 6.42 Å². The van der Waals surface area contributed by atoms with Crippen molar-refractivity contribution in [2.24, 2.45) is 0 Å². The van der Waals surface area contributed by atoms with Gasteiger partial charge in [0.05, 0.1) is 0 Å². The highest BCUT2D eigenvalue weighted by Crippen LogP contribution is 2.36. The van der Waals surface area contributed by atoms with Gasteiger partial charge in [-0.3, -0.25) is 10.1 Å². The molecule has 15 heavy (non-hydrogen) atoms. The molecule has 2 unspecified atom stereocenters. The predicted octanol–water partition coefficient (Wildman–Crippen LogP) is 0.942. The lowest BCUT2D eigenvalue weighted by atomic mass is 9.99. The Bertz CT molecular complexity index is 390. The van der Waals surface area contributed by atoms with Gasteiger partial charge in [0.2, 0.25) is 0 Å². The third kappa shape index (κ3) is 1.68. The number of ether oxygens (including phenoxy) is 2. The lowest BCUT2D eigenvalue weighted by Crippen LogP contribution is -2.24. The van der Waals surface area contributed by atoms with Crippen LogP contribution in [0, 0.1) is 10.1 Å². The first-order chi connectivity index (χ1) is 7.04. The number of hydrogen-bond donors (Lipinski definition) is 0. The molecule has 0 spiro atoms. The summed E-state index contributed by atoms with van der Waals surface area (Å²) in [5.74, 6) is 0.496. The molecule has 0 aromatic rings. The maximum absolute atomic E-state index is 10.6. The minimum Gasteiger partial charge on any atom is -0.398 e. The molecule has 1 aliphatic heterocycles. The molecule has 1 heterocycles. The van der Waals surface area contributed by atoms with Crippen molar-refractivity contribution in [3.63, 3.8) is 0 Å². The Kier molecular flexibility index (Phi) is 2.15. The van der Waals surface area contributed by atoms with Crippen LogP contribution in [0.15, 0.2) is 23.7 Å². The molecule has 0 bridgehead atoms.